The topological polar surface area (TPSA) is 45.2 Å². The Hall–Kier alpha value is -0.750. The van der Waals surface area contributed by atoms with Gasteiger partial charge in [0.15, 0.2) is 0 Å². The highest BCUT2D eigenvalue weighted by Gasteiger charge is 2.37. The lowest BCUT2D eigenvalue weighted by atomic mass is 10.2. The van der Waals surface area contributed by atoms with Gasteiger partial charge in [-0.25, -0.2) is 9.78 Å². The maximum atomic E-state index is 12.6. The number of thioether (sulfide) groups is 1. The maximum absolute atomic E-state index is 12.6. The predicted octanol–water partition coefficient (Wildman–Crippen LogP) is 3.13. The molecular weight excluding hydrogens is 290 g/mol. The SMILES string of the molecule is C[C@@H]1SCCN(C(=O)N[C@H](c2nccs2)C2CC2)[C@H]1C. The van der Waals surface area contributed by atoms with Gasteiger partial charge in [-0.3, -0.25) is 0 Å². The van der Waals surface area contributed by atoms with Crippen LogP contribution in [0, 0.1) is 5.92 Å². The zero-order valence-corrected chi connectivity index (χ0v) is 13.5. The fraction of sp³-hybridized carbons (Fsp3) is 0.714. The van der Waals surface area contributed by atoms with E-state index in [1.54, 1.807) is 11.3 Å². The molecule has 2 amide bonds. The smallest absolute Gasteiger partial charge is 0.318 e. The lowest BCUT2D eigenvalue weighted by Gasteiger charge is -2.38. The Morgan fingerprint density at radius 2 is 2.30 bits per heavy atom. The zero-order chi connectivity index (χ0) is 14.1. The van der Waals surface area contributed by atoms with Gasteiger partial charge in [-0.1, -0.05) is 6.92 Å². The monoisotopic (exact) mass is 311 g/mol. The number of amides is 2. The molecule has 2 fully saturated rings. The molecule has 1 aromatic rings. The summed E-state index contributed by atoms with van der Waals surface area (Å²) in [5.41, 5.74) is 0. The van der Waals surface area contributed by atoms with Gasteiger partial charge in [0.25, 0.3) is 0 Å². The van der Waals surface area contributed by atoms with Crippen LogP contribution in [-0.2, 0) is 0 Å². The van der Waals surface area contributed by atoms with Crippen LogP contribution < -0.4 is 5.32 Å². The Balaban J connectivity index is 1.67. The molecular formula is C14H21N3OS2. The first-order valence-electron chi connectivity index (χ1n) is 7.25. The summed E-state index contributed by atoms with van der Waals surface area (Å²) in [6.07, 6.45) is 4.22. The second kappa shape index (κ2) is 5.93. The Kier molecular flexibility index (Phi) is 4.21. The van der Waals surface area contributed by atoms with Crippen LogP contribution in [0.4, 0.5) is 4.79 Å². The van der Waals surface area contributed by atoms with Gasteiger partial charge in [-0.05, 0) is 25.7 Å². The van der Waals surface area contributed by atoms with Gasteiger partial charge in [-0.15, -0.1) is 11.3 Å². The molecule has 1 saturated heterocycles. The third-order valence-electron chi connectivity index (χ3n) is 4.23. The van der Waals surface area contributed by atoms with E-state index in [1.165, 1.54) is 12.8 Å². The minimum absolute atomic E-state index is 0.0803. The van der Waals surface area contributed by atoms with Crippen LogP contribution in [0.2, 0.25) is 0 Å². The van der Waals surface area contributed by atoms with E-state index < -0.39 is 0 Å². The molecule has 3 atom stereocenters. The van der Waals surface area contributed by atoms with Crippen molar-refractivity contribution >= 4 is 29.1 Å². The molecule has 2 heterocycles. The number of thiazole rings is 1. The zero-order valence-electron chi connectivity index (χ0n) is 11.9. The van der Waals surface area contributed by atoms with Gasteiger partial charge < -0.3 is 10.2 Å². The average Bonchev–Trinajstić information content (AvgIpc) is 3.13. The van der Waals surface area contributed by atoms with Crippen LogP contribution in [0.25, 0.3) is 0 Å². The van der Waals surface area contributed by atoms with E-state index in [1.807, 2.05) is 28.2 Å². The van der Waals surface area contributed by atoms with Crippen molar-refractivity contribution in [1.29, 1.82) is 0 Å². The van der Waals surface area contributed by atoms with Crippen molar-refractivity contribution in [3.05, 3.63) is 16.6 Å². The number of hydrogen-bond donors (Lipinski definition) is 1. The molecule has 2 aliphatic rings. The summed E-state index contributed by atoms with van der Waals surface area (Å²) in [6.45, 7) is 5.19. The second-order valence-electron chi connectivity index (χ2n) is 5.64. The van der Waals surface area contributed by atoms with Crippen LogP contribution in [-0.4, -0.2) is 39.5 Å². The molecule has 110 valence electrons. The number of rotatable bonds is 3. The first-order chi connectivity index (χ1) is 9.66. The molecule has 0 unspecified atom stereocenters. The van der Waals surface area contributed by atoms with Crippen LogP contribution in [0.15, 0.2) is 11.6 Å². The second-order valence-corrected chi connectivity index (χ2v) is 8.06. The number of nitrogens with one attached hydrogen (secondary N) is 1. The molecule has 1 N–H and O–H groups in total. The molecule has 0 radical (unpaired) electrons. The predicted molar refractivity (Wildman–Crippen MR) is 84.2 cm³/mol. The van der Waals surface area contributed by atoms with E-state index in [2.05, 4.69) is 24.1 Å². The van der Waals surface area contributed by atoms with Crippen molar-refractivity contribution < 1.29 is 4.79 Å². The summed E-state index contributed by atoms with van der Waals surface area (Å²) < 4.78 is 0. The molecule has 0 aromatic carbocycles. The number of aromatic nitrogens is 1. The van der Waals surface area contributed by atoms with E-state index in [0.29, 0.717) is 17.2 Å². The molecule has 0 spiro atoms. The summed E-state index contributed by atoms with van der Waals surface area (Å²) in [5.74, 6) is 1.61. The number of hydrogen-bond acceptors (Lipinski definition) is 4. The molecule has 1 aliphatic heterocycles. The highest BCUT2D eigenvalue weighted by molar-refractivity contribution is 8.00. The van der Waals surface area contributed by atoms with Gasteiger partial charge in [0.1, 0.15) is 5.01 Å². The van der Waals surface area contributed by atoms with E-state index >= 15 is 0 Å². The van der Waals surface area contributed by atoms with Crippen molar-refractivity contribution in [1.82, 2.24) is 15.2 Å². The fourth-order valence-corrected chi connectivity index (χ4v) is 4.51. The van der Waals surface area contributed by atoms with E-state index in [0.717, 1.165) is 17.3 Å². The maximum Gasteiger partial charge on any atom is 0.318 e. The van der Waals surface area contributed by atoms with Gasteiger partial charge in [0.05, 0.1) is 6.04 Å². The standard InChI is InChI=1S/C14H21N3OS2/c1-9-10(2)19-8-6-17(9)14(18)16-12(11-3-4-11)13-15-5-7-20-13/h5,7,9-12H,3-4,6,8H2,1-2H3,(H,16,18)/t9-,10-,12-/m0/s1. The Morgan fingerprint density at radius 3 is 2.95 bits per heavy atom. The Morgan fingerprint density at radius 1 is 1.50 bits per heavy atom. The van der Waals surface area contributed by atoms with Crippen molar-refractivity contribution in [3.63, 3.8) is 0 Å². The fourth-order valence-electron chi connectivity index (χ4n) is 2.63. The van der Waals surface area contributed by atoms with Gasteiger partial charge >= 0.3 is 6.03 Å². The molecule has 3 rings (SSSR count). The quantitative estimate of drug-likeness (QED) is 0.933. The van der Waals surface area contributed by atoms with Crippen molar-refractivity contribution in [2.24, 2.45) is 5.92 Å². The summed E-state index contributed by atoms with van der Waals surface area (Å²) in [7, 11) is 0. The minimum Gasteiger partial charge on any atom is -0.328 e. The third-order valence-corrected chi connectivity index (χ3v) is 6.43. The number of carbonyl (C=O) groups is 1. The number of urea groups is 1. The highest BCUT2D eigenvalue weighted by atomic mass is 32.2. The Labute approximate surface area is 128 Å². The van der Waals surface area contributed by atoms with Gasteiger partial charge in [0, 0.05) is 35.2 Å². The molecule has 1 aliphatic carbocycles. The molecule has 1 aromatic heterocycles. The lowest BCUT2D eigenvalue weighted by Crippen LogP contribution is -2.52. The average molecular weight is 311 g/mol. The third kappa shape index (κ3) is 2.96. The van der Waals surface area contributed by atoms with Crippen molar-refractivity contribution in [2.75, 3.05) is 12.3 Å². The number of nitrogens with zero attached hydrogens (tertiary/aromatic N) is 2. The highest BCUT2D eigenvalue weighted by Crippen LogP contribution is 2.41. The summed E-state index contributed by atoms with van der Waals surface area (Å²) in [4.78, 5) is 19.0. The van der Waals surface area contributed by atoms with Crippen molar-refractivity contribution in [3.8, 4) is 0 Å². The molecule has 4 nitrogen and oxygen atoms in total. The van der Waals surface area contributed by atoms with Crippen molar-refractivity contribution in [2.45, 2.75) is 44.0 Å². The van der Waals surface area contributed by atoms with Crippen LogP contribution in [0.1, 0.15) is 37.7 Å². The lowest BCUT2D eigenvalue weighted by molar-refractivity contribution is 0.175. The van der Waals surface area contributed by atoms with Crippen LogP contribution >= 0.6 is 23.1 Å². The normalized spacial score (nSPS) is 28.2. The number of carbonyl (C=O) groups excluding carboxylic acids is 1. The molecule has 20 heavy (non-hydrogen) atoms. The largest absolute Gasteiger partial charge is 0.328 e. The molecule has 0 bridgehead atoms. The summed E-state index contributed by atoms with van der Waals surface area (Å²) in [6, 6.07) is 0.487. The Bertz CT molecular complexity index is 461. The van der Waals surface area contributed by atoms with Gasteiger partial charge in [-0.2, -0.15) is 11.8 Å². The first kappa shape index (κ1) is 14.2. The molecule has 1 saturated carbocycles. The van der Waals surface area contributed by atoms with E-state index in [4.69, 9.17) is 0 Å². The minimum atomic E-state index is 0.0803. The van der Waals surface area contributed by atoms with E-state index in [9.17, 15) is 4.79 Å². The molecule has 6 heteroatoms. The van der Waals surface area contributed by atoms with Crippen LogP contribution in [0.3, 0.4) is 0 Å². The summed E-state index contributed by atoms with van der Waals surface area (Å²) >= 11 is 3.59. The van der Waals surface area contributed by atoms with Gasteiger partial charge in [0.2, 0.25) is 0 Å². The summed E-state index contributed by atoms with van der Waals surface area (Å²) in [5, 5.41) is 6.77. The van der Waals surface area contributed by atoms with E-state index in [-0.39, 0.29) is 12.1 Å². The first-order valence-corrected chi connectivity index (χ1v) is 9.18. The van der Waals surface area contributed by atoms with Crippen LogP contribution in [0.5, 0.6) is 0 Å².